The van der Waals surface area contributed by atoms with Crippen molar-refractivity contribution in [3.05, 3.63) is 35.4 Å². The van der Waals surface area contributed by atoms with Gasteiger partial charge in [-0.3, -0.25) is 20.0 Å². The van der Waals surface area contributed by atoms with Crippen molar-refractivity contribution in [2.75, 3.05) is 0 Å². The van der Waals surface area contributed by atoms with Gasteiger partial charge in [0.15, 0.2) is 0 Å². The van der Waals surface area contributed by atoms with E-state index in [9.17, 15) is 20.0 Å². The molecule has 0 saturated heterocycles. The Hall–Kier alpha value is -1.92. The summed E-state index contributed by atoms with van der Waals surface area (Å²) >= 11 is 0. The molecule has 0 aliphatic heterocycles. The molecule has 1 aromatic carbocycles. The Morgan fingerprint density at radius 2 is 1.15 bits per heavy atom. The third kappa shape index (κ3) is 3.34. The topological polar surface area (TPSA) is 81.1 Å². The van der Waals surface area contributed by atoms with Crippen LogP contribution >= 0.6 is 0 Å². The number of carbonyl (C=O) groups excluding carboxylic acids is 2. The van der Waals surface area contributed by atoms with Gasteiger partial charge in [0.2, 0.25) is 0 Å². The summed E-state index contributed by atoms with van der Waals surface area (Å²) in [5.74, 6) is -1.36. The molecule has 6 nitrogen and oxygen atoms in total. The van der Waals surface area contributed by atoms with E-state index in [-0.39, 0.29) is 11.1 Å². The summed E-state index contributed by atoms with van der Waals surface area (Å²) < 4.78 is 0. The van der Waals surface area contributed by atoms with Crippen molar-refractivity contribution in [3.63, 3.8) is 0 Å². The first kappa shape index (κ1) is 16.1. The Morgan fingerprint density at radius 3 is 1.40 bits per heavy atom. The van der Waals surface area contributed by atoms with Gasteiger partial charge in [-0.25, -0.2) is 10.1 Å². The van der Waals surface area contributed by atoms with E-state index in [1.165, 1.54) is 12.1 Å². The molecule has 0 atom stereocenters. The van der Waals surface area contributed by atoms with Crippen molar-refractivity contribution in [2.24, 2.45) is 0 Å². The van der Waals surface area contributed by atoms with Crippen LogP contribution in [0.15, 0.2) is 24.3 Å². The van der Waals surface area contributed by atoms with Crippen LogP contribution in [0, 0.1) is 0 Å². The molecule has 0 fully saturated rings. The Kier molecular flexibility index (Phi) is 5.24. The quantitative estimate of drug-likeness (QED) is 0.654. The molecule has 6 heteroatoms. The van der Waals surface area contributed by atoms with Gasteiger partial charge in [-0.2, -0.15) is 0 Å². The molecule has 0 aromatic heterocycles. The van der Waals surface area contributed by atoms with Crippen LogP contribution in [0.3, 0.4) is 0 Å². The average Bonchev–Trinajstić information content (AvgIpc) is 2.43. The summed E-state index contributed by atoms with van der Waals surface area (Å²) in [5, 5.41) is 20.5. The fourth-order valence-electron chi connectivity index (χ4n) is 1.57. The Labute approximate surface area is 118 Å². The third-order valence-electron chi connectivity index (χ3n) is 2.78. The van der Waals surface area contributed by atoms with Gasteiger partial charge in [0.05, 0.1) is 23.2 Å². The zero-order chi connectivity index (χ0) is 15.4. The SMILES string of the molecule is CC(C)N(O)C(=O)c1ccccc1C(=O)N(O)C(C)C. The van der Waals surface area contributed by atoms with Gasteiger partial charge in [0.1, 0.15) is 0 Å². The lowest BCUT2D eigenvalue weighted by Gasteiger charge is -2.23. The molecule has 0 spiro atoms. The monoisotopic (exact) mass is 280 g/mol. The van der Waals surface area contributed by atoms with Crippen LogP contribution in [0.4, 0.5) is 0 Å². The fourth-order valence-corrected chi connectivity index (χ4v) is 1.57. The number of rotatable bonds is 4. The highest BCUT2D eigenvalue weighted by atomic mass is 16.5. The molecule has 0 aliphatic carbocycles. The molecule has 0 radical (unpaired) electrons. The van der Waals surface area contributed by atoms with E-state index in [4.69, 9.17) is 0 Å². The number of carbonyl (C=O) groups is 2. The second-order valence-electron chi connectivity index (χ2n) is 5.03. The third-order valence-corrected chi connectivity index (χ3v) is 2.78. The maximum Gasteiger partial charge on any atom is 0.278 e. The molecular formula is C14H20N2O4. The van der Waals surface area contributed by atoms with Crippen LogP contribution in [0.1, 0.15) is 48.4 Å². The summed E-state index contributed by atoms with van der Waals surface area (Å²) in [4.78, 5) is 24.3. The van der Waals surface area contributed by atoms with E-state index < -0.39 is 23.9 Å². The van der Waals surface area contributed by atoms with Gasteiger partial charge in [-0.05, 0) is 39.8 Å². The molecule has 0 aliphatic rings. The molecule has 1 rings (SSSR count). The predicted octanol–water partition coefficient (Wildman–Crippen LogP) is 2.17. The lowest BCUT2D eigenvalue weighted by molar-refractivity contribution is -0.0818. The fraction of sp³-hybridized carbons (Fsp3) is 0.429. The maximum absolute atomic E-state index is 12.1. The molecule has 110 valence electrons. The average molecular weight is 280 g/mol. The Morgan fingerprint density at radius 1 is 0.850 bits per heavy atom. The van der Waals surface area contributed by atoms with Crippen molar-refractivity contribution in [1.82, 2.24) is 10.1 Å². The number of hydroxylamine groups is 4. The number of benzene rings is 1. The summed E-state index contributed by atoms with van der Waals surface area (Å²) in [6, 6.07) is 5.23. The second kappa shape index (κ2) is 6.49. The first-order chi connectivity index (χ1) is 9.27. The zero-order valence-corrected chi connectivity index (χ0v) is 12.1. The van der Waals surface area contributed by atoms with Crippen molar-refractivity contribution in [1.29, 1.82) is 0 Å². The first-order valence-corrected chi connectivity index (χ1v) is 6.41. The summed E-state index contributed by atoms with van der Waals surface area (Å²) in [6.07, 6.45) is 0. The molecule has 1 aromatic rings. The smallest absolute Gasteiger partial charge is 0.278 e. The standard InChI is InChI=1S/C14H20N2O4/c1-9(2)15(19)13(17)11-7-5-6-8-12(11)14(18)16(20)10(3)4/h5-10,19-20H,1-4H3. The number of nitrogens with zero attached hydrogens (tertiary/aromatic N) is 2. The number of hydrogen-bond acceptors (Lipinski definition) is 4. The van der Waals surface area contributed by atoms with Crippen molar-refractivity contribution >= 4 is 11.8 Å². The summed E-state index contributed by atoms with van der Waals surface area (Å²) in [7, 11) is 0. The molecular weight excluding hydrogens is 260 g/mol. The minimum atomic E-state index is -0.680. The van der Waals surface area contributed by atoms with Crippen LogP contribution in [0.5, 0.6) is 0 Å². The van der Waals surface area contributed by atoms with Crippen LogP contribution in [0.25, 0.3) is 0 Å². The Balaban J connectivity index is 3.18. The van der Waals surface area contributed by atoms with Crippen LogP contribution in [-0.4, -0.2) is 44.4 Å². The summed E-state index contributed by atoms with van der Waals surface area (Å²) in [5.41, 5.74) is 0.0989. The minimum Gasteiger partial charge on any atom is -0.285 e. The molecule has 0 unspecified atom stereocenters. The molecule has 2 N–H and O–H groups in total. The lowest BCUT2D eigenvalue weighted by Crippen LogP contribution is -2.37. The van der Waals surface area contributed by atoms with E-state index in [2.05, 4.69) is 0 Å². The second-order valence-corrected chi connectivity index (χ2v) is 5.03. The first-order valence-electron chi connectivity index (χ1n) is 6.41. The van der Waals surface area contributed by atoms with Gasteiger partial charge >= 0.3 is 0 Å². The lowest BCUT2D eigenvalue weighted by atomic mass is 10.1. The van der Waals surface area contributed by atoms with Gasteiger partial charge < -0.3 is 0 Å². The highest BCUT2D eigenvalue weighted by Crippen LogP contribution is 2.15. The highest BCUT2D eigenvalue weighted by Gasteiger charge is 2.25. The predicted molar refractivity (Wildman–Crippen MR) is 72.6 cm³/mol. The molecule has 0 heterocycles. The van der Waals surface area contributed by atoms with Gasteiger partial charge in [-0.15, -0.1) is 0 Å². The largest absolute Gasteiger partial charge is 0.285 e. The van der Waals surface area contributed by atoms with Crippen molar-refractivity contribution in [3.8, 4) is 0 Å². The van der Waals surface area contributed by atoms with E-state index in [1.807, 2.05) is 0 Å². The summed E-state index contributed by atoms with van der Waals surface area (Å²) in [6.45, 7) is 6.59. The van der Waals surface area contributed by atoms with Crippen LogP contribution in [0.2, 0.25) is 0 Å². The van der Waals surface area contributed by atoms with E-state index in [1.54, 1.807) is 39.8 Å². The van der Waals surface area contributed by atoms with Gasteiger partial charge in [0.25, 0.3) is 11.8 Å². The van der Waals surface area contributed by atoms with Crippen molar-refractivity contribution in [2.45, 2.75) is 39.8 Å². The zero-order valence-electron chi connectivity index (χ0n) is 12.1. The molecule has 2 amide bonds. The number of amides is 2. The molecule has 0 bridgehead atoms. The van der Waals surface area contributed by atoms with Crippen LogP contribution < -0.4 is 0 Å². The maximum atomic E-state index is 12.1. The van der Waals surface area contributed by atoms with Gasteiger partial charge in [0, 0.05) is 0 Å². The Bertz CT molecular complexity index is 455. The molecule has 20 heavy (non-hydrogen) atoms. The molecule has 0 saturated carbocycles. The van der Waals surface area contributed by atoms with E-state index >= 15 is 0 Å². The van der Waals surface area contributed by atoms with E-state index in [0.717, 1.165) is 0 Å². The van der Waals surface area contributed by atoms with Crippen LogP contribution in [-0.2, 0) is 0 Å². The van der Waals surface area contributed by atoms with Gasteiger partial charge in [-0.1, -0.05) is 12.1 Å². The highest BCUT2D eigenvalue weighted by molar-refractivity contribution is 6.06. The number of hydrogen-bond donors (Lipinski definition) is 2. The van der Waals surface area contributed by atoms with E-state index in [0.29, 0.717) is 10.1 Å². The van der Waals surface area contributed by atoms with Crippen molar-refractivity contribution < 1.29 is 20.0 Å². The normalized spacial score (nSPS) is 10.8. The minimum absolute atomic E-state index is 0.0494.